The van der Waals surface area contributed by atoms with Crippen molar-refractivity contribution >= 4 is 17.3 Å². The van der Waals surface area contributed by atoms with Gasteiger partial charge in [-0.1, -0.05) is 60.7 Å². The molecule has 2 rings (SSSR count). The average molecular weight is 312 g/mol. The largest absolute Gasteiger partial charge is 0.358 e. The number of hydrogen-bond donors (Lipinski definition) is 1. The summed E-state index contributed by atoms with van der Waals surface area (Å²) in [5, 5.41) is 4.21. The molecule has 0 spiro atoms. The molecule has 0 unspecified atom stereocenters. The third-order valence-electron chi connectivity index (χ3n) is 3.20. The Morgan fingerprint density at radius 3 is 1.64 bits per heavy atom. The highest BCUT2D eigenvalue weighted by Crippen LogP contribution is 2.12. The maximum atomic E-state index is 5.64. The van der Waals surface area contributed by atoms with E-state index < -0.39 is 0 Å². The maximum absolute atomic E-state index is 5.64. The van der Waals surface area contributed by atoms with Crippen LogP contribution in [-0.2, 0) is 13.1 Å². The van der Waals surface area contributed by atoms with Crippen LogP contribution in [0.4, 0.5) is 0 Å². The molecule has 0 aliphatic heterocycles. The molecule has 2 aromatic rings. The number of thiocarbonyl (C=S) groups is 1. The van der Waals surface area contributed by atoms with Gasteiger partial charge >= 0.3 is 0 Å². The summed E-state index contributed by atoms with van der Waals surface area (Å²) in [5.74, 6) is 0. The van der Waals surface area contributed by atoms with Gasteiger partial charge in [-0.15, -0.1) is 0 Å². The van der Waals surface area contributed by atoms with Crippen LogP contribution >= 0.6 is 12.2 Å². The Morgan fingerprint density at radius 2 is 1.27 bits per heavy atom. The van der Waals surface area contributed by atoms with Crippen LogP contribution < -0.4 is 5.32 Å². The predicted octanol–water partition coefficient (Wildman–Crippen LogP) is 4.36. The van der Waals surface area contributed by atoms with Gasteiger partial charge in [0.1, 0.15) is 0 Å². The van der Waals surface area contributed by atoms with Crippen LogP contribution in [0.15, 0.2) is 60.7 Å². The number of hydrogen-bond acceptors (Lipinski definition) is 1. The summed E-state index contributed by atoms with van der Waals surface area (Å²) >= 11 is 5.64. The van der Waals surface area contributed by atoms with Gasteiger partial charge in [0.15, 0.2) is 5.11 Å². The highest BCUT2D eigenvalue weighted by atomic mass is 32.1. The first-order valence-corrected chi connectivity index (χ1v) is 8.00. The minimum Gasteiger partial charge on any atom is -0.358 e. The van der Waals surface area contributed by atoms with E-state index in [1.807, 2.05) is 12.1 Å². The highest BCUT2D eigenvalue weighted by molar-refractivity contribution is 7.80. The minimum absolute atomic E-state index is 0.0390. The fraction of sp³-hybridized carbons (Fsp3) is 0.316. The topological polar surface area (TPSA) is 15.3 Å². The van der Waals surface area contributed by atoms with Crippen molar-refractivity contribution in [1.82, 2.24) is 10.2 Å². The fourth-order valence-corrected chi connectivity index (χ4v) is 2.64. The molecule has 0 saturated carbocycles. The lowest BCUT2D eigenvalue weighted by Crippen LogP contribution is -2.47. The molecule has 0 aromatic heterocycles. The van der Waals surface area contributed by atoms with E-state index in [1.54, 1.807) is 0 Å². The fourth-order valence-electron chi connectivity index (χ4n) is 2.21. The first-order valence-electron chi connectivity index (χ1n) is 7.59. The number of nitrogens with zero attached hydrogens (tertiary/aromatic N) is 1. The molecule has 22 heavy (non-hydrogen) atoms. The summed E-state index contributed by atoms with van der Waals surface area (Å²) in [7, 11) is 0. The molecule has 0 heterocycles. The van der Waals surface area contributed by atoms with Crippen LogP contribution in [-0.4, -0.2) is 15.6 Å². The lowest BCUT2D eigenvalue weighted by atomic mass is 10.1. The molecule has 0 aliphatic carbocycles. The molecule has 0 atom stereocenters. The van der Waals surface area contributed by atoms with Crippen LogP contribution in [0.1, 0.15) is 31.9 Å². The van der Waals surface area contributed by atoms with E-state index in [1.165, 1.54) is 11.1 Å². The van der Waals surface area contributed by atoms with Crippen molar-refractivity contribution in [2.24, 2.45) is 0 Å². The lowest BCUT2D eigenvalue weighted by Gasteiger charge is -2.31. The van der Waals surface area contributed by atoms with Gasteiger partial charge in [-0.2, -0.15) is 0 Å². The van der Waals surface area contributed by atoms with Crippen LogP contribution in [0, 0.1) is 0 Å². The quantitative estimate of drug-likeness (QED) is 0.844. The van der Waals surface area contributed by atoms with Crippen LogP contribution in [0.25, 0.3) is 0 Å². The van der Waals surface area contributed by atoms with E-state index in [4.69, 9.17) is 12.2 Å². The van der Waals surface area contributed by atoms with E-state index in [-0.39, 0.29) is 5.54 Å². The minimum atomic E-state index is -0.0390. The number of benzene rings is 2. The van der Waals surface area contributed by atoms with Crippen molar-refractivity contribution in [3.05, 3.63) is 71.8 Å². The van der Waals surface area contributed by atoms with Gasteiger partial charge in [-0.3, -0.25) is 0 Å². The van der Waals surface area contributed by atoms with Crippen molar-refractivity contribution in [3.63, 3.8) is 0 Å². The Balaban J connectivity index is 2.14. The number of nitrogens with one attached hydrogen (secondary N) is 1. The summed E-state index contributed by atoms with van der Waals surface area (Å²) in [6, 6.07) is 20.9. The highest BCUT2D eigenvalue weighted by Gasteiger charge is 2.17. The van der Waals surface area contributed by atoms with Crippen molar-refractivity contribution in [2.75, 3.05) is 0 Å². The smallest absolute Gasteiger partial charge is 0.169 e. The molecule has 3 heteroatoms. The van der Waals surface area contributed by atoms with Crippen LogP contribution in [0.2, 0.25) is 0 Å². The summed E-state index contributed by atoms with van der Waals surface area (Å²) in [5.41, 5.74) is 2.48. The lowest BCUT2D eigenvalue weighted by molar-refractivity contribution is 0.376. The van der Waals surface area contributed by atoms with Crippen LogP contribution in [0.3, 0.4) is 0 Å². The van der Waals surface area contributed by atoms with E-state index in [9.17, 15) is 0 Å². The Kier molecular flexibility index (Phi) is 5.56. The predicted molar refractivity (Wildman–Crippen MR) is 97.6 cm³/mol. The van der Waals surface area contributed by atoms with E-state index in [0.717, 1.165) is 18.2 Å². The Bertz CT molecular complexity index is 546. The van der Waals surface area contributed by atoms with Gasteiger partial charge in [0.25, 0.3) is 0 Å². The normalized spacial score (nSPS) is 11.0. The van der Waals surface area contributed by atoms with E-state index >= 15 is 0 Å². The van der Waals surface area contributed by atoms with Gasteiger partial charge in [0.2, 0.25) is 0 Å². The van der Waals surface area contributed by atoms with Gasteiger partial charge in [-0.05, 0) is 44.1 Å². The second kappa shape index (κ2) is 7.41. The van der Waals surface area contributed by atoms with Crippen molar-refractivity contribution in [2.45, 2.75) is 39.4 Å². The van der Waals surface area contributed by atoms with Crippen molar-refractivity contribution in [1.29, 1.82) is 0 Å². The third kappa shape index (κ3) is 5.49. The molecule has 2 nitrogen and oxygen atoms in total. The standard InChI is InChI=1S/C19H24N2S/c1-19(2,3)20-18(22)21(14-16-10-6-4-7-11-16)15-17-12-8-5-9-13-17/h4-13H,14-15H2,1-3H3,(H,20,22). The molecule has 0 fully saturated rings. The van der Waals surface area contributed by atoms with Gasteiger partial charge < -0.3 is 10.2 Å². The molecule has 0 aliphatic rings. The summed E-state index contributed by atoms with van der Waals surface area (Å²) in [6.45, 7) is 7.99. The molecule has 0 radical (unpaired) electrons. The van der Waals surface area contributed by atoms with Crippen LogP contribution in [0.5, 0.6) is 0 Å². The molecule has 0 bridgehead atoms. The molecule has 1 N–H and O–H groups in total. The molecule has 0 amide bonds. The zero-order chi connectivity index (χ0) is 16.0. The molecule has 2 aromatic carbocycles. The van der Waals surface area contributed by atoms with E-state index in [2.05, 4.69) is 79.5 Å². The molecular formula is C19H24N2S. The zero-order valence-electron chi connectivity index (χ0n) is 13.5. The van der Waals surface area contributed by atoms with Gasteiger partial charge in [0, 0.05) is 18.6 Å². The van der Waals surface area contributed by atoms with Crippen molar-refractivity contribution in [3.8, 4) is 0 Å². The monoisotopic (exact) mass is 312 g/mol. The first-order chi connectivity index (χ1) is 10.4. The average Bonchev–Trinajstić information content (AvgIpc) is 2.47. The third-order valence-corrected chi connectivity index (χ3v) is 3.56. The first kappa shape index (κ1) is 16.5. The Labute approximate surface area is 139 Å². The molecule has 0 saturated heterocycles. The summed E-state index contributed by atoms with van der Waals surface area (Å²) in [4.78, 5) is 2.21. The zero-order valence-corrected chi connectivity index (χ0v) is 14.4. The second-order valence-corrected chi connectivity index (χ2v) is 6.89. The molecular weight excluding hydrogens is 288 g/mol. The SMILES string of the molecule is CC(C)(C)NC(=S)N(Cc1ccccc1)Cc1ccccc1. The van der Waals surface area contributed by atoms with Gasteiger partial charge in [-0.25, -0.2) is 0 Å². The second-order valence-electron chi connectivity index (χ2n) is 6.51. The maximum Gasteiger partial charge on any atom is 0.169 e. The summed E-state index contributed by atoms with van der Waals surface area (Å²) < 4.78 is 0. The van der Waals surface area contributed by atoms with E-state index in [0.29, 0.717) is 0 Å². The molecule has 116 valence electrons. The number of rotatable bonds is 4. The summed E-state index contributed by atoms with van der Waals surface area (Å²) in [6.07, 6.45) is 0. The van der Waals surface area contributed by atoms with Crippen molar-refractivity contribution < 1.29 is 0 Å². The Hall–Kier alpha value is -1.87. The van der Waals surface area contributed by atoms with Gasteiger partial charge in [0.05, 0.1) is 0 Å². The Morgan fingerprint density at radius 1 is 0.864 bits per heavy atom.